The van der Waals surface area contributed by atoms with Gasteiger partial charge in [0.15, 0.2) is 0 Å². The van der Waals surface area contributed by atoms with Crippen LogP contribution in [0.2, 0.25) is 0 Å². The predicted octanol–water partition coefficient (Wildman–Crippen LogP) is 9.90. The molecule has 2 aromatic rings. The van der Waals surface area contributed by atoms with Gasteiger partial charge in [-0.2, -0.15) is 0 Å². The van der Waals surface area contributed by atoms with E-state index in [9.17, 15) is 0 Å². The summed E-state index contributed by atoms with van der Waals surface area (Å²) in [6, 6.07) is 13.4. The molecule has 1 heteroatoms. The van der Waals surface area contributed by atoms with Crippen molar-refractivity contribution >= 4 is 0 Å². The second kappa shape index (κ2) is 15.1. The minimum atomic E-state index is 1.05. The highest BCUT2D eigenvalue weighted by Gasteiger charge is 2.10. The van der Waals surface area contributed by atoms with Gasteiger partial charge >= 0.3 is 0 Å². The van der Waals surface area contributed by atoms with E-state index in [4.69, 9.17) is 4.74 Å². The lowest BCUT2D eigenvalue weighted by atomic mass is 10.0. The molecule has 31 heavy (non-hydrogen) atoms. The summed E-state index contributed by atoms with van der Waals surface area (Å²) in [6.07, 6.45) is 18.2. The van der Waals surface area contributed by atoms with Gasteiger partial charge in [-0.1, -0.05) is 113 Å². The Morgan fingerprint density at radius 2 is 0.903 bits per heavy atom. The van der Waals surface area contributed by atoms with Crippen LogP contribution in [0.5, 0.6) is 11.5 Å². The molecule has 0 amide bonds. The maximum atomic E-state index is 6.54. The molecule has 172 valence electrons. The van der Waals surface area contributed by atoms with Crippen molar-refractivity contribution in [3.63, 3.8) is 0 Å². The summed E-state index contributed by atoms with van der Waals surface area (Å²) in [6.45, 7) is 8.93. The number of benzene rings is 2. The first-order chi connectivity index (χ1) is 15.1. The van der Waals surface area contributed by atoms with E-state index in [-0.39, 0.29) is 0 Å². The molecule has 0 spiro atoms. The fourth-order valence-electron chi connectivity index (χ4n) is 4.32. The van der Waals surface area contributed by atoms with Gasteiger partial charge in [-0.25, -0.2) is 0 Å². The maximum absolute atomic E-state index is 6.54. The molecule has 0 unspecified atom stereocenters. The summed E-state index contributed by atoms with van der Waals surface area (Å²) in [5, 5.41) is 0. The zero-order valence-electron chi connectivity index (χ0n) is 20.8. The molecule has 0 aromatic heterocycles. The average Bonchev–Trinajstić information content (AvgIpc) is 2.76. The van der Waals surface area contributed by atoms with Crippen molar-refractivity contribution in [2.45, 2.75) is 118 Å². The molecule has 0 bridgehead atoms. The molecule has 0 heterocycles. The third-order valence-electron chi connectivity index (χ3n) is 6.25. The molecular formula is C30H46O. The van der Waals surface area contributed by atoms with E-state index >= 15 is 0 Å². The van der Waals surface area contributed by atoms with Gasteiger partial charge in [-0.05, 0) is 62.8 Å². The minimum Gasteiger partial charge on any atom is -0.457 e. The number of ether oxygens (including phenoxy) is 1. The number of hydrogen-bond donors (Lipinski definition) is 0. The van der Waals surface area contributed by atoms with Gasteiger partial charge in [0.2, 0.25) is 0 Å². The second-order valence-corrected chi connectivity index (χ2v) is 9.36. The SMILES string of the molecule is CCCCCCCCc1cc(C)ccc1Oc1ccc(C)cc1CCCCCCCC. The molecule has 1 nitrogen and oxygen atoms in total. The quantitative estimate of drug-likeness (QED) is 0.244. The first-order valence-electron chi connectivity index (χ1n) is 13.0. The van der Waals surface area contributed by atoms with Crippen LogP contribution in [0.1, 0.15) is 113 Å². The van der Waals surface area contributed by atoms with Gasteiger partial charge in [0.05, 0.1) is 0 Å². The molecule has 0 fully saturated rings. The molecule has 0 atom stereocenters. The van der Waals surface area contributed by atoms with Gasteiger partial charge in [0.25, 0.3) is 0 Å². The van der Waals surface area contributed by atoms with Crippen molar-refractivity contribution in [2.24, 2.45) is 0 Å². The van der Waals surface area contributed by atoms with Gasteiger partial charge in [0.1, 0.15) is 11.5 Å². The standard InChI is InChI=1S/C30H46O/c1-5-7-9-11-13-15-17-27-23-25(3)19-21-29(27)31-30-22-20-26(4)24-28(30)18-16-14-12-10-8-6-2/h19-24H,5-18H2,1-4H3. The van der Waals surface area contributed by atoms with E-state index < -0.39 is 0 Å². The number of hydrogen-bond acceptors (Lipinski definition) is 1. The largest absolute Gasteiger partial charge is 0.457 e. The summed E-state index contributed by atoms with van der Waals surface area (Å²) in [5.74, 6) is 2.10. The monoisotopic (exact) mass is 422 g/mol. The molecule has 0 radical (unpaired) electrons. The van der Waals surface area contributed by atoms with Crippen molar-refractivity contribution < 1.29 is 4.74 Å². The zero-order chi connectivity index (χ0) is 22.3. The van der Waals surface area contributed by atoms with Crippen molar-refractivity contribution in [3.05, 3.63) is 58.7 Å². The molecule has 0 aliphatic carbocycles. The summed E-state index contributed by atoms with van der Waals surface area (Å²) in [4.78, 5) is 0. The summed E-state index contributed by atoms with van der Waals surface area (Å²) in [7, 11) is 0. The molecule has 0 saturated heterocycles. The van der Waals surface area contributed by atoms with Crippen LogP contribution in [0.25, 0.3) is 0 Å². The van der Waals surface area contributed by atoms with E-state index in [0.717, 1.165) is 24.3 Å². The minimum absolute atomic E-state index is 1.05. The Hall–Kier alpha value is -1.76. The van der Waals surface area contributed by atoms with E-state index in [1.807, 2.05) is 0 Å². The first kappa shape index (κ1) is 25.5. The third-order valence-corrected chi connectivity index (χ3v) is 6.25. The van der Waals surface area contributed by atoms with Crippen LogP contribution >= 0.6 is 0 Å². The van der Waals surface area contributed by atoms with Crippen molar-refractivity contribution in [1.82, 2.24) is 0 Å². The first-order valence-corrected chi connectivity index (χ1v) is 13.0. The number of aryl methyl sites for hydroxylation is 4. The summed E-state index contributed by atoms with van der Waals surface area (Å²) >= 11 is 0. The second-order valence-electron chi connectivity index (χ2n) is 9.36. The fraction of sp³-hybridized carbons (Fsp3) is 0.600. The van der Waals surface area contributed by atoms with Gasteiger partial charge in [-0.15, -0.1) is 0 Å². The molecule has 0 aliphatic rings. The Morgan fingerprint density at radius 1 is 0.516 bits per heavy atom. The van der Waals surface area contributed by atoms with Crippen LogP contribution in [-0.4, -0.2) is 0 Å². The zero-order valence-corrected chi connectivity index (χ0v) is 20.8. The fourth-order valence-corrected chi connectivity index (χ4v) is 4.32. The Bertz CT molecular complexity index is 683. The summed E-state index contributed by atoms with van der Waals surface area (Å²) in [5.41, 5.74) is 5.37. The molecule has 0 aliphatic heterocycles. The topological polar surface area (TPSA) is 9.23 Å². The Kier molecular flexibility index (Phi) is 12.4. The van der Waals surface area contributed by atoms with Crippen LogP contribution < -0.4 is 4.74 Å². The van der Waals surface area contributed by atoms with Crippen molar-refractivity contribution in [3.8, 4) is 11.5 Å². The molecule has 2 aromatic carbocycles. The number of rotatable bonds is 16. The normalized spacial score (nSPS) is 11.1. The van der Waals surface area contributed by atoms with Crippen LogP contribution in [0.4, 0.5) is 0 Å². The average molecular weight is 423 g/mol. The Labute approximate surface area is 192 Å². The van der Waals surface area contributed by atoms with Gasteiger partial charge in [-0.3, -0.25) is 0 Å². The lowest BCUT2D eigenvalue weighted by molar-refractivity contribution is 0.466. The maximum Gasteiger partial charge on any atom is 0.130 e. The van der Waals surface area contributed by atoms with Crippen molar-refractivity contribution in [1.29, 1.82) is 0 Å². The molecular weight excluding hydrogens is 376 g/mol. The van der Waals surface area contributed by atoms with E-state index in [0.29, 0.717) is 0 Å². The van der Waals surface area contributed by atoms with Gasteiger partial charge in [0, 0.05) is 0 Å². The van der Waals surface area contributed by atoms with Crippen molar-refractivity contribution in [2.75, 3.05) is 0 Å². The van der Waals surface area contributed by atoms with E-state index in [1.54, 1.807) is 0 Å². The Morgan fingerprint density at radius 3 is 1.32 bits per heavy atom. The predicted molar refractivity (Wildman–Crippen MR) is 137 cm³/mol. The van der Waals surface area contributed by atoms with E-state index in [2.05, 4.69) is 64.1 Å². The van der Waals surface area contributed by atoms with Crippen LogP contribution in [0.15, 0.2) is 36.4 Å². The molecule has 0 N–H and O–H groups in total. The van der Waals surface area contributed by atoms with Crippen LogP contribution in [-0.2, 0) is 12.8 Å². The molecule has 2 rings (SSSR count). The third kappa shape index (κ3) is 9.93. The number of unbranched alkanes of at least 4 members (excludes halogenated alkanes) is 10. The Balaban J connectivity index is 1.99. The van der Waals surface area contributed by atoms with Crippen LogP contribution in [0, 0.1) is 13.8 Å². The highest BCUT2D eigenvalue weighted by molar-refractivity contribution is 5.44. The smallest absolute Gasteiger partial charge is 0.130 e. The molecule has 0 saturated carbocycles. The summed E-state index contributed by atoms with van der Waals surface area (Å²) < 4.78 is 6.54. The lowest BCUT2D eigenvalue weighted by Crippen LogP contribution is -1.97. The van der Waals surface area contributed by atoms with Crippen LogP contribution in [0.3, 0.4) is 0 Å². The lowest BCUT2D eigenvalue weighted by Gasteiger charge is -2.16. The van der Waals surface area contributed by atoms with E-state index in [1.165, 1.54) is 99.3 Å². The highest BCUT2D eigenvalue weighted by atomic mass is 16.5. The highest BCUT2D eigenvalue weighted by Crippen LogP contribution is 2.31. The van der Waals surface area contributed by atoms with Gasteiger partial charge < -0.3 is 4.74 Å².